The Labute approximate surface area is 102 Å². The Morgan fingerprint density at radius 2 is 2.24 bits per heavy atom. The molecule has 0 bridgehead atoms. The summed E-state index contributed by atoms with van der Waals surface area (Å²) in [6.45, 7) is 8.82. The minimum absolute atomic E-state index is 0.159. The van der Waals surface area contributed by atoms with Crippen molar-refractivity contribution in [3.63, 3.8) is 0 Å². The summed E-state index contributed by atoms with van der Waals surface area (Å²) in [5.74, 6) is -0.0473. The molecule has 1 unspecified atom stereocenters. The van der Waals surface area contributed by atoms with Gasteiger partial charge in [0, 0.05) is 6.04 Å². The van der Waals surface area contributed by atoms with Gasteiger partial charge < -0.3 is 10.1 Å². The van der Waals surface area contributed by atoms with Crippen LogP contribution < -0.4 is 10.1 Å². The zero-order valence-electron chi connectivity index (χ0n) is 10.7. The van der Waals surface area contributed by atoms with Crippen molar-refractivity contribution in [2.75, 3.05) is 13.7 Å². The lowest BCUT2D eigenvalue weighted by Crippen LogP contribution is -2.21. The van der Waals surface area contributed by atoms with Crippen molar-refractivity contribution in [1.82, 2.24) is 5.32 Å². The maximum Gasteiger partial charge on any atom is 0.165 e. The maximum atomic E-state index is 13.3. The number of ether oxygens (including phenoxy) is 1. The van der Waals surface area contributed by atoms with Gasteiger partial charge in [0.05, 0.1) is 7.11 Å². The molecule has 0 saturated carbocycles. The molecule has 0 aromatic heterocycles. The van der Waals surface area contributed by atoms with Crippen molar-refractivity contribution >= 4 is 0 Å². The van der Waals surface area contributed by atoms with Crippen LogP contribution in [0, 0.1) is 5.82 Å². The molecule has 0 aliphatic rings. The number of benzene rings is 1. The van der Waals surface area contributed by atoms with E-state index in [1.165, 1.54) is 13.2 Å². The molecular formula is C14H20FNO. The molecule has 0 aliphatic heterocycles. The molecule has 0 heterocycles. The van der Waals surface area contributed by atoms with E-state index < -0.39 is 0 Å². The van der Waals surface area contributed by atoms with Crippen LogP contribution in [-0.2, 0) is 0 Å². The van der Waals surface area contributed by atoms with Crippen molar-refractivity contribution in [2.45, 2.75) is 26.3 Å². The molecule has 0 radical (unpaired) electrons. The Bertz CT molecular complexity index is 390. The zero-order chi connectivity index (χ0) is 12.8. The van der Waals surface area contributed by atoms with E-state index in [-0.39, 0.29) is 17.6 Å². The van der Waals surface area contributed by atoms with Gasteiger partial charge in [0.15, 0.2) is 11.6 Å². The number of rotatable bonds is 6. The molecule has 0 spiro atoms. The average molecular weight is 237 g/mol. The third kappa shape index (κ3) is 3.86. The first-order chi connectivity index (χ1) is 8.08. The fraction of sp³-hybridized carbons (Fsp3) is 0.429. The highest BCUT2D eigenvalue weighted by Gasteiger charge is 2.13. The molecule has 1 aromatic carbocycles. The van der Waals surface area contributed by atoms with Crippen LogP contribution in [0.1, 0.15) is 31.9 Å². The van der Waals surface area contributed by atoms with Gasteiger partial charge in [0.1, 0.15) is 0 Å². The molecule has 3 heteroatoms. The molecule has 94 valence electrons. The number of methoxy groups -OCH3 is 1. The van der Waals surface area contributed by atoms with Gasteiger partial charge >= 0.3 is 0 Å². The highest BCUT2D eigenvalue weighted by atomic mass is 19.1. The molecule has 1 atom stereocenters. The van der Waals surface area contributed by atoms with E-state index in [2.05, 4.69) is 11.9 Å². The van der Waals surface area contributed by atoms with E-state index in [1.54, 1.807) is 12.1 Å². The van der Waals surface area contributed by atoms with Crippen molar-refractivity contribution in [2.24, 2.45) is 0 Å². The van der Waals surface area contributed by atoms with Crippen molar-refractivity contribution in [3.05, 3.63) is 41.7 Å². The van der Waals surface area contributed by atoms with E-state index in [4.69, 9.17) is 4.74 Å². The second-order valence-corrected chi connectivity index (χ2v) is 4.17. The summed E-state index contributed by atoms with van der Waals surface area (Å²) in [5.41, 5.74) is 2.12. The Hall–Kier alpha value is -1.35. The third-order valence-corrected chi connectivity index (χ3v) is 2.58. The zero-order valence-corrected chi connectivity index (χ0v) is 10.7. The molecule has 0 fully saturated rings. The quantitative estimate of drug-likeness (QED) is 0.765. The standard InChI is InChI=1S/C14H20FNO/c1-5-16-13(8-10(2)3)11-6-7-12(15)14(9-11)17-4/h6-7,9,13,16H,2,5,8H2,1,3-4H3. The predicted octanol–water partition coefficient (Wildman–Crippen LogP) is 3.45. The van der Waals surface area contributed by atoms with E-state index in [1.807, 2.05) is 13.8 Å². The normalized spacial score (nSPS) is 12.2. The van der Waals surface area contributed by atoms with Gasteiger partial charge in [-0.2, -0.15) is 0 Å². The average Bonchev–Trinajstić information content (AvgIpc) is 2.28. The largest absolute Gasteiger partial charge is 0.494 e. The number of hydrogen-bond donors (Lipinski definition) is 1. The summed E-state index contributed by atoms with van der Waals surface area (Å²) in [4.78, 5) is 0. The summed E-state index contributed by atoms with van der Waals surface area (Å²) in [7, 11) is 1.48. The third-order valence-electron chi connectivity index (χ3n) is 2.58. The first kappa shape index (κ1) is 13.7. The van der Waals surface area contributed by atoms with Crippen molar-refractivity contribution < 1.29 is 9.13 Å². The van der Waals surface area contributed by atoms with Crippen LogP contribution >= 0.6 is 0 Å². The lowest BCUT2D eigenvalue weighted by atomic mass is 10.00. The number of nitrogens with one attached hydrogen (secondary N) is 1. The van der Waals surface area contributed by atoms with Crippen molar-refractivity contribution in [3.8, 4) is 5.75 Å². The predicted molar refractivity (Wildman–Crippen MR) is 68.8 cm³/mol. The summed E-state index contributed by atoms with van der Waals surface area (Å²) in [5, 5.41) is 3.36. The molecule has 0 amide bonds. The molecule has 2 nitrogen and oxygen atoms in total. The summed E-state index contributed by atoms with van der Waals surface area (Å²) in [6, 6.07) is 5.13. The Morgan fingerprint density at radius 3 is 2.76 bits per heavy atom. The topological polar surface area (TPSA) is 21.3 Å². The Balaban J connectivity index is 2.96. The van der Waals surface area contributed by atoms with E-state index in [0.717, 1.165) is 24.1 Å². The minimum atomic E-state index is -0.332. The molecule has 0 aliphatic carbocycles. The summed E-state index contributed by atoms with van der Waals surface area (Å²) in [6.07, 6.45) is 0.836. The summed E-state index contributed by atoms with van der Waals surface area (Å²) >= 11 is 0. The monoisotopic (exact) mass is 237 g/mol. The number of halogens is 1. The SMILES string of the molecule is C=C(C)CC(NCC)c1ccc(F)c(OC)c1. The molecule has 17 heavy (non-hydrogen) atoms. The first-order valence-electron chi connectivity index (χ1n) is 5.79. The van der Waals surface area contributed by atoms with Gasteiger partial charge in [0.25, 0.3) is 0 Å². The Kier molecular flexibility index (Phi) is 5.16. The van der Waals surface area contributed by atoms with E-state index in [0.29, 0.717) is 0 Å². The lowest BCUT2D eigenvalue weighted by Gasteiger charge is -2.19. The van der Waals surface area contributed by atoms with Gasteiger partial charge in [-0.3, -0.25) is 0 Å². The van der Waals surface area contributed by atoms with Gasteiger partial charge in [-0.25, -0.2) is 4.39 Å². The Morgan fingerprint density at radius 1 is 1.53 bits per heavy atom. The fourth-order valence-corrected chi connectivity index (χ4v) is 1.80. The molecule has 1 rings (SSSR count). The van der Waals surface area contributed by atoms with Crippen LogP contribution in [-0.4, -0.2) is 13.7 Å². The lowest BCUT2D eigenvalue weighted by molar-refractivity contribution is 0.384. The van der Waals surface area contributed by atoms with Crippen LogP contribution in [0.5, 0.6) is 5.75 Å². The molecule has 1 N–H and O–H groups in total. The summed E-state index contributed by atoms with van der Waals surface area (Å²) < 4.78 is 18.3. The molecular weight excluding hydrogens is 217 g/mol. The molecule has 1 aromatic rings. The van der Waals surface area contributed by atoms with Gasteiger partial charge in [-0.05, 0) is 37.6 Å². The van der Waals surface area contributed by atoms with E-state index in [9.17, 15) is 4.39 Å². The van der Waals surface area contributed by atoms with Gasteiger partial charge in [-0.15, -0.1) is 6.58 Å². The van der Waals surface area contributed by atoms with Crippen molar-refractivity contribution in [1.29, 1.82) is 0 Å². The highest BCUT2D eigenvalue weighted by molar-refractivity contribution is 5.32. The van der Waals surface area contributed by atoms with Gasteiger partial charge in [-0.1, -0.05) is 18.6 Å². The minimum Gasteiger partial charge on any atom is -0.494 e. The first-order valence-corrected chi connectivity index (χ1v) is 5.79. The smallest absolute Gasteiger partial charge is 0.165 e. The van der Waals surface area contributed by atoms with Crippen LogP contribution in [0.3, 0.4) is 0 Å². The fourth-order valence-electron chi connectivity index (χ4n) is 1.80. The number of hydrogen-bond acceptors (Lipinski definition) is 2. The van der Waals surface area contributed by atoms with Crippen LogP contribution in [0.2, 0.25) is 0 Å². The maximum absolute atomic E-state index is 13.3. The highest BCUT2D eigenvalue weighted by Crippen LogP contribution is 2.26. The van der Waals surface area contributed by atoms with Crippen LogP contribution in [0.4, 0.5) is 4.39 Å². The molecule has 0 saturated heterocycles. The van der Waals surface area contributed by atoms with Gasteiger partial charge in [0.2, 0.25) is 0 Å². The van der Waals surface area contributed by atoms with E-state index >= 15 is 0 Å². The second kappa shape index (κ2) is 6.40. The second-order valence-electron chi connectivity index (χ2n) is 4.17. The van der Waals surface area contributed by atoms with Crippen LogP contribution in [0.15, 0.2) is 30.4 Å². The van der Waals surface area contributed by atoms with Crippen LogP contribution in [0.25, 0.3) is 0 Å².